The maximum Gasteiger partial charge on any atom is 0.248 e. The number of likely N-dealkylation sites (tertiary alicyclic amines) is 1. The SMILES string of the molecule is COCC(=O)N(C)[C@H](Cc1ccc(F)cc1)C1CCN(C(=O)CCc2ccco2)CC1. The number of benzene rings is 1. The minimum atomic E-state index is -0.273. The van der Waals surface area contributed by atoms with E-state index in [1.807, 2.05) is 17.0 Å². The molecule has 1 aliphatic rings. The molecule has 31 heavy (non-hydrogen) atoms. The minimum Gasteiger partial charge on any atom is -0.469 e. The molecule has 168 valence electrons. The van der Waals surface area contributed by atoms with Crippen molar-refractivity contribution in [3.8, 4) is 0 Å². The van der Waals surface area contributed by atoms with Crippen molar-refractivity contribution in [3.05, 3.63) is 59.8 Å². The molecule has 0 aliphatic carbocycles. The molecule has 1 aliphatic heterocycles. The number of ether oxygens (including phenoxy) is 1. The summed E-state index contributed by atoms with van der Waals surface area (Å²) >= 11 is 0. The molecule has 2 heterocycles. The van der Waals surface area contributed by atoms with Crippen LogP contribution in [0.5, 0.6) is 0 Å². The summed E-state index contributed by atoms with van der Waals surface area (Å²) in [5.74, 6) is 0.858. The number of furan rings is 1. The molecular weight excluding hydrogens is 399 g/mol. The molecule has 7 heteroatoms. The van der Waals surface area contributed by atoms with Crippen molar-refractivity contribution in [3.63, 3.8) is 0 Å². The number of carbonyl (C=O) groups excluding carboxylic acids is 2. The Kier molecular flexibility index (Phi) is 8.23. The van der Waals surface area contributed by atoms with Crippen LogP contribution in [0.1, 0.15) is 30.6 Å². The number of methoxy groups -OCH3 is 1. The topological polar surface area (TPSA) is 63.0 Å². The van der Waals surface area contributed by atoms with E-state index in [9.17, 15) is 14.0 Å². The molecule has 2 aromatic rings. The van der Waals surface area contributed by atoms with Crippen LogP contribution in [-0.4, -0.2) is 61.5 Å². The molecule has 6 nitrogen and oxygen atoms in total. The Morgan fingerprint density at radius 2 is 1.94 bits per heavy atom. The lowest BCUT2D eigenvalue weighted by molar-refractivity contribution is -0.139. The van der Waals surface area contributed by atoms with E-state index in [0.717, 1.165) is 24.2 Å². The fraction of sp³-hybridized carbons (Fsp3) is 0.500. The first-order chi connectivity index (χ1) is 15.0. The van der Waals surface area contributed by atoms with Gasteiger partial charge >= 0.3 is 0 Å². The van der Waals surface area contributed by atoms with Crippen molar-refractivity contribution in [1.82, 2.24) is 9.80 Å². The van der Waals surface area contributed by atoms with Crippen LogP contribution >= 0.6 is 0 Å². The van der Waals surface area contributed by atoms with E-state index < -0.39 is 0 Å². The summed E-state index contributed by atoms with van der Waals surface area (Å²) in [6.07, 6.45) is 4.94. The first-order valence-electron chi connectivity index (χ1n) is 10.8. The van der Waals surface area contributed by atoms with Gasteiger partial charge in [0.2, 0.25) is 11.8 Å². The highest BCUT2D eigenvalue weighted by Gasteiger charge is 2.32. The second kappa shape index (κ2) is 11.1. The number of likely N-dealkylation sites (N-methyl/N-ethyl adjacent to an activating group) is 1. The van der Waals surface area contributed by atoms with Crippen LogP contribution in [0.2, 0.25) is 0 Å². The average Bonchev–Trinajstić information content (AvgIpc) is 3.31. The Hall–Kier alpha value is -2.67. The van der Waals surface area contributed by atoms with Crippen molar-refractivity contribution in [1.29, 1.82) is 0 Å². The quantitative estimate of drug-likeness (QED) is 0.612. The molecule has 0 spiro atoms. The molecule has 1 atom stereocenters. The Balaban J connectivity index is 1.60. The summed E-state index contributed by atoms with van der Waals surface area (Å²) in [5, 5.41) is 0. The summed E-state index contributed by atoms with van der Waals surface area (Å²) in [6.45, 7) is 1.38. The van der Waals surface area contributed by atoms with Crippen molar-refractivity contribution < 1.29 is 23.1 Å². The maximum absolute atomic E-state index is 13.3. The van der Waals surface area contributed by atoms with E-state index in [1.54, 1.807) is 30.3 Å². The number of piperidine rings is 1. The standard InChI is InChI=1S/C24H31FN2O4/c1-26(24(29)17-30-2)22(16-18-5-7-20(25)8-6-18)19-11-13-27(14-12-19)23(28)10-9-21-4-3-15-31-21/h3-8,15,19,22H,9-14,16-17H2,1-2H3/t22-/m1/s1. The third kappa shape index (κ3) is 6.40. The first kappa shape index (κ1) is 23.0. The summed E-state index contributed by atoms with van der Waals surface area (Å²) in [5.41, 5.74) is 0.987. The van der Waals surface area contributed by atoms with Crippen LogP contribution in [0.4, 0.5) is 4.39 Å². The van der Waals surface area contributed by atoms with E-state index >= 15 is 0 Å². The number of hydrogen-bond donors (Lipinski definition) is 0. The van der Waals surface area contributed by atoms with Crippen molar-refractivity contribution in [2.45, 2.75) is 38.1 Å². The zero-order valence-corrected chi connectivity index (χ0v) is 18.3. The molecule has 0 radical (unpaired) electrons. The number of halogens is 1. The number of hydrogen-bond acceptors (Lipinski definition) is 4. The predicted molar refractivity (Wildman–Crippen MR) is 115 cm³/mol. The molecule has 0 N–H and O–H groups in total. The van der Waals surface area contributed by atoms with E-state index in [2.05, 4.69) is 0 Å². The molecule has 1 saturated heterocycles. The van der Waals surface area contributed by atoms with Gasteiger partial charge in [0.05, 0.1) is 6.26 Å². The molecule has 0 saturated carbocycles. The molecular formula is C24H31FN2O4. The summed E-state index contributed by atoms with van der Waals surface area (Å²) in [4.78, 5) is 28.8. The van der Waals surface area contributed by atoms with Crippen LogP contribution in [0.15, 0.2) is 47.1 Å². The van der Waals surface area contributed by atoms with E-state index in [-0.39, 0.29) is 36.2 Å². The predicted octanol–water partition coefficient (Wildman–Crippen LogP) is 3.31. The number of carbonyl (C=O) groups is 2. The second-order valence-electron chi connectivity index (χ2n) is 8.13. The maximum atomic E-state index is 13.3. The molecule has 2 amide bonds. The van der Waals surface area contributed by atoms with E-state index in [1.165, 1.54) is 19.2 Å². The Bertz CT molecular complexity index is 830. The van der Waals surface area contributed by atoms with Gasteiger partial charge in [-0.05, 0) is 55.0 Å². The smallest absolute Gasteiger partial charge is 0.248 e. The van der Waals surface area contributed by atoms with E-state index in [0.29, 0.717) is 32.4 Å². The van der Waals surface area contributed by atoms with Gasteiger partial charge in [0.25, 0.3) is 0 Å². The number of aryl methyl sites for hydroxylation is 1. The highest BCUT2D eigenvalue weighted by Crippen LogP contribution is 2.27. The lowest BCUT2D eigenvalue weighted by Crippen LogP contribution is -2.49. The summed E-state index contributed by atoms with van der Waals surface area (Å²) < 4.78 is 23.7. The van der Waals surface area contributed by atoms with E-state index in [4.69, 9.17) is 9.15 Å². The summed E-state index contributed by atoms with van der Waals surface area (Å²) in [7, 11) is 3.31. The fourth-order valence-electron chi connectivity index (χ4n) is 4.27. The number of nitrogens with zero attached hydrogens (tertiary/aromatic N) is 2. The number of rotatable bonds is 9. The lowest BCUT2D eigenvalue weighted by Gasteiger charge is -2.40. The largest absolute Gasteiger partial charge is 0.469 e. The lowest BCUT2D eigenvalue weighted by atomic mass is 9.84. The highest BCUT2D eigenvalue weighted by atomic mass is 19.1. The highest BCUT2D eigenvalue weighted by molar-refractivity contribution is 5.77. The van der Waals surface area contributed by atoms with Gasteiger partial charge < -0.3 is 19.0 Å². The zero-order chi connectivity index (χ0) is 22.2. The molecule has 3 rings (SSSR count). The van der Waals surface area contributed by atoms with Crippen molar-refractivity contribution in [2.24, 2.45) is 5.92 Å². The Morgan fingerprint density at radius 3 is 2.55 bits per heavy atom. The van der Waals surface area contributed by atoms with Crippen LogP contribution in [-0.2, 0) is 27.2 Å². The molecule has 1 aromatic carbocycles. The van der Waals surface area contributed by atoms with Gasteiger partial charge in [-0.15, -0.1) is 0 Å². The van der Waals surface area contributed by atoms with Gasteiger partial charge in [-0.25, -0.2) is 4.39 Å². The summed E-state index contributed by atoms with van der Waals surface area (Å²) in [6, 6.07) is 10.1. The molecule has 1 fully saturated rings. The van der Waals surface area contributed by atoms with Gasteiger partial charge in [-0.3, -0.25) is 9.59 Å². The van der Waals surface area contributed by atoms with Crippen LogP contribution in [0, 0.1) is 11.7 Å². The number of amides is 2. The van der Waals surface area contributed by atoms with Gasteiger partial charge in [-0.2, -0.15) is 0 Å². The second-order valence-corrected chi connectivity index (χ2v) is 8.13. The Labute approximate surface area is 183 Å². The van der Waals surface area contributed by atoms with Gasteiger partial charge in [0.1, 0.15) is 18.2 Å². The van der Waals surface area contributed by atoms with Gasteiger partial charge in [0.15, 0.2) is 0 Å². The van der Waals surface area contributed by atoms with Gasteiger partial charge in [-0.1, -0.05) is 12.1 Å². The fourth-order valence-corrected chi connectivity index (χ4v) is 4.27. The molecule has 0 bridgehead atoms. The first-order valence-corrected chi connectivity index (χ1v) is 10.8. The Morgan fingerprint density at radius 1 is 1.23 bits per heavy atom. The molecule has 1 aromatic heterocycles. The monoisotopic (exact) mass is 430 g/mol. The van der Waals surface area contributed by atoms with Crippen LogP contribution in [0.25, 0.3) is 0 Å². The van der Waals surface area contributed by atoms with Crippen LogP contribution < -0.4 is 0 Å². The van der Waals surface area contributed by atoms with Crippen molar-refractivity contribution >= 4 is 11.8 Å². The van der Waals surface area contributed by atoms with Crippen LogP contribution in [0.3, 0.4) is 0 Å². The minimum absolute atomic E-state index is 0.0283. The normalized spacial score (nSPS) is 15.6. The molecule has 0 unspecified atom stereocenters. The van der Waals surface area contributed by atoms with Crippen molar-refractivity contribution in [2.75, 3.05) is 33.9 Å². The zero-order valence-electron chi connectivity index (χ0n) is 18.3. The third-order valence-electron chi connectivity index (χ3n) is 6.12. The average molecular weight is 431 g/mol. The third-order valence-corrected chi connectivity index (χ3v) is 6.12. The van der Waals surface area contributed by atoms with Gasteiger partial charge in [0, 0.05) is 46.1 Å².